The van der Waals surface area contributed by atoms with Gasteiger partial charge in [-0.3, -0.25) is 4.99 Å². The number of hydrogen-bond acceptors (Lipinski definition) is 3. The SMILES string of the molecule is C1COC(CN=C2NC3CCCC3CS2)C1. The van der Waals surface area contributed by atoms with Crippen molar-refractivity contribution in [2.75, 3.05) is 18.9 Å². The first-order valence-electron chi connectivity index (χ1n) is 6.47. The number of thioether (sulfide) groups is 1. The minimum absolute atomic E-state index is 0.385. The van der Waals surface area contributed by atoms with Crippen molar-refractivity contribution in [2.45, 2.75) is 44.2 Å². The fraction of sp³-hybridized carbons (Fsp3) is 0.917. The van der Waals surface area contributed by atoms with E-state index in [0.29, 0.717) is 12.1 Å². The van der Waals surface area contributed by atoms with Crippen LogP contribution in [0.3, 0.4) is 0 Å². The van der Waals surface area contributed by atoms with Crippen molar-refractivity contribution >= 4 is 16.9 Å². The molecular weight excluding hydrogens is 220 g/mol. The molecule has 3 aliphatic rings. The van der Waals surface area contributed by atoms with Gasteiger partial charge >= 0.3 is 0 Å². The van der Waals surface area contributed by atoms with Gasteiger partial charge in [0, 0.05) is 18.4 Å². The summed E-state index contributed by atoms with van der Waals surface area (Å²) in [6.45, 7) is 1.79. The number of hydrogen-bond donors (Lipinski definition) is 1. The predicted octanol–water partition coefficient (Wildman–Crippen LogP) is 2.03. The molecule has 3 atom stereocenters. The van der Waals surface area contributed by atoms with E-state index >= 15 is 0 Å². The number of nitrogens with zero attached hydrogens (tertiary/aromatic N) is 1. The standard InChI is InChI=1S/C12H20N2OS/c1-3-9-8-16-12(14-11(9)5-1)13-7-10-4-2-6-15-10/h9-11H,1-8H2,(H,13,14). The lowest BCUT2D eigenvalue weighted by Crippen LogP contribution is -2.41. The van der Waals surface area contributed by atoms with Gasteiger partial charge in [-0.1, -0.05) is 18.2 Å². The van der Waals surface area contributed by atoms with E-state index in [1.165, 1.54) is 43.0 Å². The van der Waals surface area contributed by atoms with E-state index in [0.717, 1.165) is 19.1 Å². The van der Waals surface area contributed by atoms with E-state index in [9.17, 15) is 0 Å². The molecule has 0 amide bonds. The lowest BCUT2D eigenvalue weighted by Gasteiger charge is -2.28. The molecule has 1 N–H and O–H groups in total. The fourth-order valence-electron chi connectivity index (χ4n) is 2.88. The fourth-order valence-corrected chi connectivity index (χ4v) is 4.05. The summed E-state index contributed by atoms with van der Waals surface area (Å²) < 4.78 is 5.59. The summed E-state index contributed by atoms with van der Waals surface area (Å²) >= 11 is 1.91. The Morgan fingerprint density at radius 1 is 1.31 bits per heavy atom. The monoisotopic (exact) mass is 240 g/mol. The van der Waals surface area contributed by atoms with Gasteiger partial charge in [-0.25, -0.2) is 0 Å². The highest BCUT2D eigenvalue weighted by atomic mass is 32.2. The zero-order valence-electron chi connectivity index (χ0n) is 9.65. The molecule has 3 unspecified atom stereocenters. The van der Waals surface area contributed by atoms with Crippen LogP contribution in [0.5, 0.6) is 0 Å². The molecule has 0 radical (unpaired) electrons. The van der Waals surface area contributed by atoms with Gasteiger partial charge in [-0.05, 0) is 31.6 Å². The number of amidine groups is 1. The Hall–Kier alpha value is -0.220. The molecule has 3 nitrogen and oxygen atoms in total. The second-order valence-electron chi connectivity index (χ2n) is 5.03. The van der Waals surface area contributed by atoms with Gasteiger partial charge in [0.05, 0.1) is 12.6 Å². The van der Waals surface area contributed by atoms with E-state index in [4.69, 9.17) is 4.74 Å². The maximum atomic E-state index is 5.59. The molecule has 0 aromatic heterocycles. The van der Waals surface area contributed by atoms with Crippen LogP contribution in [0.1, 0.15) is 32.1 Å². The molecule has 2 aliphatic heterocycles. The second-order valence-corrected chi connectivity index (χ2v) is 6.04. The van der Waals surface area contributed by atoms with Crippen molar-refractivity contribution in [1.82, 2.24) is 5.32 Å². The average molecular weight is 240 g/mol. The molecule has 2 heterocycles. The van der Waals surface area contributed by atoms with Gasteiger partial charge in [0.2, 0.25) is 0 Å². The number of ether oxygens (including phenoxy) is 1. The van der Waals surface area contributed by atoms with Crippen molar-refractivity contribution in [3.8, 4) is 0 Å². The van der Waals surface area contributed by atoms with Crippen LogP contribution >= 0.6 is 11.8 Å². The molecule has 4 heteroatoms. The molecule has 1 saturated carbocycles. The number of aliphatic imine (C=N–C) groups is 1. The Morgan fingerprint density at radius 2 is 2.31 bits per heavy atom. The number of nitrogens with one attached hydrogen (secondary N) is 1. The molecule has 3 fully saturated rings. The van der Waals surface area contributed by atoms with Crippen LogP contribution in [0.25, 0.3) is 0 Å². The van der Waals surface area contributed by atoms with E-state index in [-0.39, 0.29) is 0 Å². The number of rotatable bonds is 2. The van der Waals surface area contributed by atoms with Crippen LogP contribution in [0, 0.1) is 5.92 Å². The van der Waals surface area contributed by atoms with Gasteiger partial charge in [0.25, 0.3) is 0 Å². The molecule has 0 aromatic carbocycles. The largest absolute Gasteiger partial charge is 0.376 e. The van der Waals surface area contributed by atoms with Crippen LogP contribution in [-0.2, 0) is 4.74 Å². The topological polar surface area (TPSA) is 33.6 Å². The van der Waals surface area contributed by atoms with Crippen molar-refractivity contribution in [3.05, 3.63) is 0 Å². The van der Waals surface area contributed by atoms with Gasteiger partial charge in [0.15, 0.2) is 5.17 Å². The third-order valence-electron chi connectivity index (χ3n) is 3.86. The van der Waals surface area contributed by atoms with E-state index in [2.05, 4.69) is 10.3 Å². The first-order chi connectivity index (χ1) is 7.92. The molecule has 90 valence electrons. The van der Waals surface area contributed by atoms with E-state index < -0.39 is 0 Å². The Labute approximate surface area is 101 Å². The van der Waals surface area contributed by atoms with Crippen LogP contribution in [0.4, 0.5) is 0 Å². The minimum atomic E-state index is 0.385. The zero-order chi connectivity index (χ0) is 10.8. The third-order valence-corrected chi connectivity index (χ3v) is 4.98. The molecule has 3 rings (SSSR count). The van der Waals surface area contributed by atoms with Crippen molar-refractivity contribution in [1.29, 1.82) is 0 Å². The van der Waals surface area contributed by atoms with Crippen molar-refractivity contribution in [2.24, 2.45) is 10.9 Å². The highest BCUT2D eigenvalue weighted by Gasteiger charge is 2.32. The van der Waals surface area contributed by atoms with Gasteiger partial charge in [-0.15, -0.1) is 0 Å². The van der Waals surface area contributed by atoms with Crippen LogP contribution < -0.4 is 5.32 Å². The summed E-state index contributed by atoms with van der Waals surface area (Å²) in [6.07, 6.45) is 6.92. The Bertz CT molecular complexity index is 276. The highest BCUT2D eigenvalue weighted by Crippen LogP contribution is 2.32. The maximum Gasteiger partial charge on any atom is 0.156 e. The Balaban J connectivity index is 1.52. The number of fused-ring (bicyclic) bond motifs is 1. The van der Waals surface area contributed by atoms with Crippen LogP contribution in [-0.4, -0.2) is 36.2 Å². The average Bonchev–Trinajstić information content (AvgIpc) is 2.97. The third kappa shape index (κ3) is 2.38. The lowest BCUT2D eigenvalue weighted by atomic mass is 10.1. The summed E-state index contributed by atoms with van der Waals surface area (Å²) in [7, 11) is 0. The predicted molar refractivity (Wildman–Crippen MR) is 68.0 cm³/mol. The zero-order valence-corrected chi connectivity index (χ0v) is 10.5. The van der Waals surface area contributed by atoms with Gasteiger partial charge < -0.3 is 10.1 Å². The van der Waals surface area contributed by atoms with Gasteiger partial charge in [0.1, 0.15) is 0 Å². The van der Waals surface area contributed by atoms with E-state index in [1.807, 2.05) is 11.8 Å². The summed E-state index contributed by atoms with van der Waals surface area (Å²) in [5.41, 5.74) is 0. The first-order valence-corrected chi connectivity index (χ1v) is 7.46. The van der Waals surface area contributed by atoms with Crippen LogP contribution in [0.15, 0.2) is 4.99 Å². The van der Waals surface area contributed by atoms with Crippen molar-refractivity contribution < 1.29 is 4.74 Å². The quantitative estimate of drug-likeness (QED) is 0.802. The molecule has 0 spiro atoms. The molecule has 0 bridgehead atoms. The second kappa shape index (κ2) is 4.96. The molecule has 1 aliphatic carbocycles. The van der Waals surface area contributed by atoms with Crippen LogP contribution in [0.2, 0.25) is 0 Å². The lowest BCUT2D eigenvalue weighted by molar-refractivity contribution is 0.118. The maximum absolute atomic E-state index is 5.59. The van der Waals surface area contributed by atoms with Crippen molar-refractivity contribution in [3.63, 3.8) is 0 Å². The summed E-state index contributed by atoms with van der Waals surface area (Å²) in [5.74, 6) is 2.16. The smallest absolute Gasteiger partial charge is 0.156 e. The first kappa shape index (κ1) is 10.9. The van der Waals surface area contributed by atoms with E-state index in [1.54, 1.807) is 0 Å². The normalized spacial score (nSPS) is 41.0. The Morgan fingerprint density at radius 3 is 3.19 bits per heavy atom. The van der Waals surface area contributed by atoms with Gasteiger partial charge in [-0.2, -0.15) is 0 Å². The highest BCUT2D eigenvalue weighted by molar-refractivity contribution is 8.13. The summed E-state index contributed by atoms with van der Waals surface area (Å²) in [6, 6.07) is 0.712. The summed E-state index contributed by atoms with van der Waals surface area (Å²) in [4.78, 5) is 4.67. The molecule has 2 saturated heterocycles. The summed E-state index contributed by atoms with van der Waals surface area (Å²) in [5, 5.41) is 4.76. The molecular formula is C12H20N2OS. The molecule has 0 aromatic rings. The molecule has 16 heavy (non-hydrogen) atoms. The minimum Gasteiger partial charge on any atom is -0.376 e. The Kier molecular flexibility index (Phi) is 3.38.